The Bertz CT molecular complexity index is 1500. The van der Waals surface area contributed by atoms with E-state index >= 15 is 0 Å². The van der Waals surface area contributed by atoms with E-state index in [4.69, 9.17) is 4.42 Å². The number of rotatable bonds is 15. The van der Waals surface area contributed by atoms with Gasteiger partial charge in [0, 0.05) is 27.9 Å². The van der Waals surface area contributed by atoms with E-state index < -0.39 is 0 Å². The number of nitrogens with one attached hydrogen (secondary N) is 1. The number of fused-ring (bicyclic) bond motifs is 3. The molecular formula is C31H37N5O2S. The Morgan fingerprint density at radius 3 is 2.49 bits per heavy atom. The zero-order chi connectivity index (χ0) is 26.9. The number of aryl methyl sites for hydroxylation is 1. The summed E-state index contributed by atoms with van der Waals surface area (Å²) >= 11 is 1.41. The summed E-state index contributed by atoms with van der Waals surface area (Å²) in [6.07, 6.45) is 15.9. The molecular weight excluding hydrogens is 506 g/mol. The molecule has 0 bridgehead atoms. The third kappa shape index (κ3) is 7.32. The lowest BCUT2D eigenvalue weighted by Crippen LogP contribution is -2.19. The summed E-state index contributed by atoms with van der Waals surface area (Å²) in [5.41, 5.74) is 4.47. The van der Waals surface area contributed by atoms with Crippen molar-refractivity contribution in [3.8, 4) is 11.3 Å². The number of carbonyl (C=O) groups is 1. The van der Waals surface area contributed by atoms with Crippen molar-refractivity contribution in [2.24, 2.45) is 0 Å². The van der Waals surface area contributed by atoms with Crippen LogP contribution in [0.4, 0.5) is 5.13 Å². The number of amides is 1. The summed E-state index contributed by atoms with van der Waals surface area (Å²) in [6.45, 7) is 2.38. The van der Waals surface area contributed by atoms with Gasteiger partial charge in [0.1, 0.15) is 17.7 Å². The maximum absolute atomic E-state index is 12.6. The third-order valence-corrected chi connectivity index (χ3v) is 7.86. The van der Waals surface area contributed by atoms with E-state index in [2.05, 4.69) is 39.7 Å². The van der Waals surface area contributed by atoms with E-state index in [1.54, 1.807) is 4.68 Å². The molecule has 0 radical (unpaired) electrons. The van der Waals surface area contributed by atoms with Gasteiger partial charge in [-0.15, -0.1) is 16.4 Å². The summed E-state index contributed by atoms with van der Waals surface area (Å²) in [4.78, 5) is 17.3. The fourth-order valence-electron chi connectivity index (χ4n) is 4.98. The molecule has 0 saturated carbocycles. The molecule has 39 heavy (non-hydrogen) atoms. The molecule has 3 heterocycles. The molecule has 1 N–H and O–H groups in total. The molecule has 0 spiro atoms. The van der Waals surface area contributed by atoms with Gasteiger partial charge in [-0.25, -0.2) is 9.67 Å². The first-order chi connectivity index (χ1) is 19.2. The van der Waals surface area contributed by atoms with Crippen molar-refractivity contribution in [2.75, 3.05) is 5.32 Å². The minimum absolute atomic E-state index is 0.118. The first kappa shape index (κ1) is 27.1. The van der Waals surface area contributed by atoms with Gasteiger partial charge in [0.25, 0.3) is 0 Å². The van der Waals surface area contributed by atoms with Crippen LogP contribution in [0.25, 0.3) is 33.2 Å². The van der Waals surface area contributed by atoms with Crippen molar-refractivity contribution in [3.63, 3.8) is 0 Å². The summed E-state index contributed by atoms with van der Waals surface area (Å²) < 4.78 is 7.53. The third-order valence-electron chi connectivity index (χ3n) is 7.10. The first-order valence-corrected chi connectivity index (χ1v) is 15.1. The van der Waals surface area contributed by atoms with E-state index in [-0.39, 0.29) is 12.5 Å². The van der Waals surface area contributed by atoms with Gasteiger partial charge >= 0.3 is 0 Å². The van der Waals surface area contributed by atoms with Gasteiger partial charge < -0.3 is 9.73 Å². The Labute approximate surface area is 233 Å². The molecule has 8 heteroatoms. The predicted molar refractivity (Wildman–Crippen MR) is 159 cm³/mol. The van der Waals surface area contributed by atoms with E-state index in [1.807, 2.05) is 41.9 Å². The lowest BCUT2D eigenvalue weighted by atomic mass is 10.1. The highest BCUT2D eigenvalue weighted by molar-refractivity contribution is 7.14. The number of para-hydroxylation sites is 1. The largest absolute Gasteiger partial charge is 0.456 e. The van der Waals surface area contributed by atoms with Crippen LogP contribution in [0.2, 0.25) is 0 Å². The minimum Gasteiger partial charge on any atom is -0.456 e. The van der Waals surface area contributed by atoms with Gasteiger partial charge in [-0.2, -0.15) is 0 Å². The number of benzene rings is 2. The van der Waals surface area contributed by atoms with Crippen molar-refractivity contribution in [1.29, 1.82) is 0 Å². The second-order valence-electron chi connectivity index (χ2n) is 10.2. The van der Waals surface area contributed by atoms with Crippen LogP contribution >= 0.6 is 11.3 Å². The molecule has 0 aliphatic rings. The maximum atomic E-state index is 12.6. The Hall–Kier alpha value is -3.52. The van der Waals surface area contributed by atoms with Gasteiger partial charge in [0.05, 0.1) is 11.4 Å². The van der Waals surface area contributed by atoms with Gasteiger partial charge in [-0.3, -0.25) is 4.79 Å². The number of hydrogen-bond acceptors (Lipinski definition) is 6. The average molecular weight is 544 g/mol. The normalized spacial score (nSPS) is 11.5. The molecule has 0 aliphatic carbocycles. The zero-order valence-corrected chi connectivity index (χ0v) is 23.5. The topological polar surface area (TPSA) is 85.8 Å². The molecule has 0 unspecified atom stereocenters. The molecule has 2 aromatic carbocycles. The quantitative estimate of drug-likeness (QED) is 0.134. The molecule has 3 aromatic heterocycles. The fraction of sp³-hybridized carbons (Fsp3) is 0.419. The summed E-state index contributed by atoms with van der Waals surface area (Å²) in [7, 11) is 0. The Morgan fingerprint density at radius 1 is 0.923 bits per heavy atom. The number of anilines is 1. The lowest BCUT2D eigenvalue weighted by Gasteiger charge is -2.02. The highest BCUT2D eigenvalue weighted by Gasteiger charge is 2.12. The summed E-state index contributed by atoms with van der Waals surface area (Å²) in [5, 5.41) is 16.0. The molecule has 0 saturated heterocycles. The number of furan rings is 1. The smallest absolute Gasteiger partial charge is 0.247 e. The monoisotopic (exact) mass is 543 g/mol. The molecule has 1 amide bonds. The van der Waals surface area contributed by atoms with E-state index in [0.717, 1.165) is 51.7 Å². The predicted octanol–water partition coefficient (Wildman–Crippen LogP) is 8.40. The first-order valence-electron chi connectivity index (χ1n) is 14.3. The van der Waals surface area contributed by atoms with Crippen LogP contribution in [0.1, 0.15) is 76.8 Å². The molecule has 5 aromatic rings. The van der Waals surface area contributed by atoms with E-state index in [0.29, 0.717) is 5.13 Å². The molecule has 0 fully saturated rings. The SMILES string of the molecule is CCCCCCCCCCCCc1cn(CC(=O)Nc2nc(-c3ccc4oc5ccccc5c4c3)cs2)nn1. The van der Waals surface area contributed by atoms with Crippen molar-refractivity contribution in [2.45, 2.75) is 84.1 Å². The number of nitrogens with zero attached hydrogens (tertiary/aromatic N) is 4. The number of unbranched alkanes of at least 4 members (excludes halogenated alkanes) is 9. The zero-order valence-electron chi connectivity index (χ0n) is 22.7. The number of thiazole rings is 1. The summed E-state index contributed by atoms with van der Waals surface area (Å²) in [6, 6.07) is 14.1. The average Bonchev–Trinajstić information content (AvgIpc) is 3.68. The summed E-state index contributed by atoms with van der Waals surface area (Å²) in [5.74, 6) is -0.164. The second kappa shape index (κ2) is 13.5. The van der Waals surface area contributed by atoms with Crippen LogP contribution in [-0.4, -0.2) is 25.9 Å². The highest BCUT2D eigenvalue weighted by atomic mass is 32.1. The van der Waals surface area contributed by atoms with Gasteiger partial charge in [-0.05, 0) is 37.1 Å². The maximum Gasteiger partial charge on any atom is 0.247 e. The number of carbonyl (C=O) groups excluding carboxylic acids is 1. The lowest BCUT2D eigenvalue weighted by molar-refractivity contribution is -0.116. The van der Waals surface area contributed by atoms with Gasteiger partial charge in [-0.1, -0.05) is 88.1 Å². The van der Waals surface area contributed by atoms with Crippen LogP contribution in [-0.2, 0) is 17.8 Å². The molecule has 5 rings (SSSR count). The molecule has 0 atom stereocenters. The van der Waals surface area contributed by atoms with Crippen LogP contribution in [0.5, 0.6) is 0 Å². The molecule has 7 nitrogen and oxygen atoms in total. The van der Waals surface area contributed by atoms with E-state index in [9.17, 15) is 4.79 Å². The minimum atomic E-state index is -0.164. The molecule has 204 valence electrons. The second-order valence-corrected chi connectivity index (χ2v) is 11.1. The molecule has 0 aliphatic heterocycles. The van der Waals surface area contributed by atoms with E-state index in [1.165, 1.54) is 69.1 Å². The van der Waals surface area contributed by atoms with Crippen LogP contribution in [0.15, 0.2) is 58.5 Å². The number of aromatic nitrogens is 4. The Morgan fingerprint density at radius 2 is 1.67 bits per heavy atom. The van der Waals surface area contributed by atoms with Crippen molar-refractivity contribution in [1.82, 2.24) is 20.0 Å². The van der Waals surface area contributed by atoms with Crippen LogP contribution in [0, 0.1) is 0 Å². The van der Waals surface area contributed by atoms with Crippen molar-refractivity contribution >= 4 is 44.3 Å². The standard InChI is InChI=1S/C31H37N5O2S/c1-2-3-4-5-6-7-8-9-10-11-14-24-20-36(35-34-24)21-30(37)33-31-32-27(22-39-31)23-17-18-29-26(19-23)25-15-12-13-16-28(25)38-29/h12-13,15-20,22H,2-11,14,21H2,1H3,(H,32,33,37). The Kier molecular flexibility index (Phi) is 9.38. The van der Waals surface area contributed by atoms with Crippen LogP contribution in [0.3, 0.4) is 0 Å². The van der Waals surface area contributed by atoms with Crippen molar-refractivity contribution in [3.05, 3.63) is 59.7 Å². The Balaban J connectivity index is 1.06. The highest BCUT2D eigenvalue weighted by Crippen LogP contribution is 2.33. The van der Waals surface area contributed by atoms with Gasteiger partial charge in [0.2, 0.25) is 5.91 Å². The van der Waals surface area contributed by atoms with Crippen LogP contribution < -0.4 is 5.32 Å². The van der Waals surface area contributed by atoms with Gasteiger partial charge in [0.15, 0.2) is 5.13 Å². The number of hydrogen-bond donors (Lipinski definition) is 1. The van der Waals surface area contributed by atoms with Crippen molar-refractivity contribution < 1.29 is 9.21 Å². The fourth-order valence-corrected chi connectivity index (χ4v) is 5.71.